The van der Waals surface area contributed by atoms with Crippen LogP contribution in [0.3, 0.4) is 0 Å². The second kappa shape index (κ2) is 6.84. The van der Waals surface area contributed by atoms with E-state index < -0.39 is 0 Å². The van der Waals surface area contributed by atoms with E-state index in [1.807, 2.05) is 73.7 Å². The van der Waals surface area contributed by atoms with E-state index in [1.165, 1.54) is 0 Å². The van der Waals surface area contributed by atoms with Gasteiger partial charge in [0.1, 0.15) is 0 Å². The summed E-state index contributed by atoms with van der Waals surface area (Å²) in [6.07, 6.45) is 0.688. The smallest absolute Gasteiger partial charge is 0.227 e. The quantitative estimate of drug-likeness (QED) is 0.692. The largest absolute Gasteiger partial charge is 0.325 e. The van der Waals surface area contributed by atoms with Gasteiger partial charge in [0.2, 0.25) is 5.91 Å². The zero-order chi connectivity index (χ0) is 16.2. The van der Waals surface area contributed by atoms with Gasteiger partial charge in [0.05, 0.1) is 0 Å². The number of hydrogen-bond acceptors (Lipinski definition) is 1. The van der Waals surface area contributed by atoms with E-state index in [0.717, 1.165) is 22.0 Å². The first-order valence-corrected chi connectivity index (χ1v) is 8.04. The van der Waals surface area contributed by atoms with Crippen molar-refractivity contribution in [3.05, 3.63) is 77.3 Å². The molecule has 2 nitrogen and oxygen atoms in total. The topological polar surface area (TPSA) is 29.1 Å². The maximum Gasteiger partial charge on any atom is 0.227 e. The maximum absolute atomic E-state index is 12.5. The van der Waals surface area contributed by atoms with Crippen molar-refractivity contribution in [3.63, 3.8) is 0 Å². The van der Waals surface area contributed by atoms with Crippen LogP contribution in [0.4, 0.5) is 5.69 Å². The highest BCUT2D eigenvalue weighted by Crippen LogP contribution is 2.24. The van der Waals surface area contributed by atoms with Crippen LogP contribution >= 0.6 is 11.6 Å². The first-order valence-electron chi connectivity index (χ1n) is 7.66. The van der Waals surface area contributed by atoms with Gasteiger partial charge in [-0.15, -0.1) is 0 Å². The van der Waals surface area contributed by atoms with E-state index in [2.05, 4.69) is 5.32 Å². The summed E-state index contributed by atoms with van der Waals surface area (Å²) in [5.41, 5.74) is 1.96. The number of fused-ring (bicyclic) bond motifs is 1. The molecule has 1 amide bonds. The van der Waals surface area contributed by atoms with E-state index in [4.69, 9.17) is 11.6 Å². The third kappa shape index (κ3) is 3.72. The molecule has 0 bridgehead atoms. The lowest BCUT2D eigenvalue weighted by Gasteiger charge is -2.14. The number of halogens is 1. The van der Waals surface area contributed by atoms with Crippen LogP contribution in [-0.4, -0.2) is 5.91 Å². The number of amides is 1. The van der Waals surface area contributed by atoms with Gasteiger partial charge in [-0.3, -0.25) is 4.79 Å². The Morgan fingerprint density at radius 3 is 2.48 bits per heavy atom. The highest BCUT2D eigenvalue weighted by molar-refractivity contribution is 6.30. The van der Waals surface area contributed by atoms with E-state index in [0.29, 0.717) is 11.4 Å². The summed E-state index contributed by atoms with van der Waals surface area (Å²) in [7, 11) is 0. The fourth-order valence-corrected chi connectivity index (χ4v) is 2.78. The molecule has 1 unspecified atom stereocenters. The summed E-state index contributed by atoms with van der Waals surface area (Å²) in [4.78, 5) is 12.5. The van der Waals surface area contributed by atoms with Crippen LogP contribution in [0, 0.1) is 5.92 Å². The first-order chi connectivity index (χ1) is 11.1. The van der Waals surface area contributed by atoms with Crippen LogP contribution in [0.25, 0.3) is 10.8 Å². The Bertz CT molecular complexity index is 821. The number of carbonyl (C=O) groups excluding carboxylic acids is 1. The van der Waals surface area contributed by atoms with Crippen LogP contribution in [0.15, 0.2) is 66.7 Å². The normalized spacial score (nSPS) is 12.1. The zero-order valence-corrected chi connectivity index (χ0v) is 13.7. The first kappa shape index (κ1) is 15.6. The van der Waals surface area contributed by atoms with Crippen molar-refractivity contribution in [1.29, 1.82) is 0 Å². The van der Waals surface area contributed by atoms with E-state index in [-0.39, 0.29) is 11.8 Å². The maximum atomic E-state index is 12.5. The molecule has 1 N–H and O–H groups in total. The molecule has 0 aromatic heterocycles. The van der Waals surface area contributed by atoms with Gasteiger partial charge in [-0.1, -0.05) is 67.1 Å². The van der Waals surface area contributed by atoms with Crippen LogP contribution in [0.2, 0.25) is 5.02 Å². The van der Waals surface area contributed by atoms with Crippen molar-refractivity contribution in [2.75, 3.05) is 5.32 Å². The van der Waals surface area contributed by atoms with Crippen molar-refractivity contribution >= 4 is 34.0 Å². The van der Waals surface area contributed by atoms with E-state index in [9.17, 15) is 4.79 Å². The third-order valence-corrected chi connectivity index (χ3v) is 4.20. The lowest BCUT2D eigenvalue weighted by Crippen LogP contribution is -2.22. The molecule has 0 aliphatic heterocycles. The third-order valence-electron chi connectivity index (χ3n) is 3.95. The summed E-state index contributed by atoms with van der Waals surface area (Å²) in [5.74, 6) is -0.0913. The van der Waals surface area contributed by atoms with Gasteiger partial charge in [-0.25, -0.2) is 0 Å². The molecule has 3 aromatic carbocycles. The molecule has 3 rings (SSSR count). The molecular weight excluding hydrogens is 306 g/mol. The average Bonchev–Trinajstić information content (AvgIpc) is 2.57. The highest BCUT2D eigenvalue weighted by Gasteiger charge is 2.14. The lowest BCUT2D eigenvalue weighted by atomic mass is 10.00. The SMILES string of the molecule is CC(Cc1ccc(Cl)cc1)C(=O)Nc1cccc2ccccc12. The number of rotatable bonds is 4. The van der Waals surface area contributed by atoms with Gasteiger partial charge in [0.15, 0.2) is 0 Å². The van der Waals surface area contributed by atoms with Gasteiger partial charge in [-0.05, 0) is 35.6 Å². The Morgan fingerprint density at radius 1 is 1.00 bits per heavy atom. The molecule has 0 aliphatic rings. The lowest BCUT2D eigenvalue weighted by molar-refractivity contribution is -0.119. The van der Waals surface area contributed by atoms with Crippen molar-refractivity contribution in [2.24, 2.45) is 5.92 Å². The van der Waals surface area contributed by atoms with Crippen molar-refractivity contribution in [1.82, 2.24) is 0 Å². The number of nitrogens with one attached hydrogen (secondary N) is 1. The number of benzene rings is 3. The molecule has 1 atom stereocenters. The predicted octanol–water partition coefficient (Wildman–Crippen LogP) is 5.31. The Morgan fingerprint density at radius 2 is 1.70 bits per heavy atom. The Labute approximate surface area is 141 Å². The molecular formula is C20H18ClNO. The minimum absolute atomic E-state index is 0.0244. The standard InChI is InChI=1S/C20H18ClNO/c1-14(13-15-9-11-17(21)12-10-15)20(23)22-19-8-4-6-16-5-2-3-7-18(16)19/h2-12,14H,13H2,1H3,(H,22,23). The number of carbonyl (C=O) groups is 1. The Kier molecular flexibility index (Phi) is 4.63. The molecule has 0 aliphatic carbocycles. The van der Waals surface area contributed by atoms with Gasteiger partial charge in [0.25, 0.3) is 0 Å². The van der Waals surface area contributed by atoms with Gasteiger partial charge >= 0.3 is 0 Å². The number of hydrogen-bond donors (Lipinski definition) is 1. The van der Waals surface area contributed by atoms with Crippen molar-refractivity contribution < 1.29 is 4.79 Å². The predicted molar refractivity (Wildman–Crippen MR) is 96.9 cm³/mol. The van der Waals surface area contributed by atoms with Crippen LogP contribution in [0.5, 0.6) is 0 Å². The van der Waals surface area contributed by atoms with Crippen molar-refractivity contribution in [3.8, 4) is 0 Å². The fourth-order valence-electron chi connectivity index (χ4n) is 2.66. The summed E-state index contributed by atoms with van der Waals surface area (Å²) in [6, 6.07) is 21.6. The highest BCUT2D eigenvalue weighted by atomic mass is 35.5. The molecule has 0 heterocycles. The van der Waals surface area contributed by atoms with Crippen LogP contribution in [-0.2, 0) is 11.2 Å². The molecule has 0 saturated heterocycles. The molecule has 0 fully saturated rings. The second-order valence-corrected chi connectivity index (χ2v) is 6.18. The van der Waals surface area contributed by atoms with Gasteiger partial charge in [0, 0.05) is 22.0 Å². The van der Waals surface area contributed by atoms with Crippen molar-refractivity contribution in [2.45, 2.75) is 13.3 Å². The summed E-state index contributed by atoms with van der Waals surface area (Å²) >= 11 is 5.89. The molecule has 0 radical (unpaired) electrons. The summed E-state index contributed by atoms with van der Waals surface area (Å²) in [5, 5.41) is 5.94. The summed E-state index contributed by atoms with van der Waals surface area (Å²) < 4.78 is 0. The van der Waals surface area contributed by atoms with Crippen LogP contribution < -0.4 is 5.32 Å². The van der Waals surface area contributed by atoms with E-state index in [1.54, 1.807) is 0 Å². The second-order valence-electron chi connectivity index (χ2n) is 5.75. The monoisotopic (exact) mass is 323 g/mol. The molecule has 0 spiro atoms. The fraction of sp³-hybridized carbons (Fsp3) is 0.150. The van der Waals surface area contributed by atoms with E-state index >= 15 is 0 Å². The minimum atomic E-state index is -0.116. The molecule has 116 valence electrons. The van der Waals surface area contributed by atoms with Gasteiger partial charge < -0.3 is 5.32 Å². The Hall–Kier alpha value is -2.32. The minimum Gasteiger partial charge on any atom is -0.325 e. The Balaban J connectivity index is 1.74. The van der Waals surface area contributed by atoms with Crippen LogP contribution in [0.1, 0.15) is 12.5 Å². The molecule has 3 heteroatoms. The molecule has 23 heavy (non-hydrogen) atoms. The molecule has 3 aromatic rings. The average molecular weight is 324 g/mol. The zero-order valence-electron chi connectivity index (χ0n) is 12.9. The van der Waals surface area contributed by atoms with Gasteiger partial charge in [-0.2, -0.15) is 0 Å². The molecule has 0 saturated carbocycles. The number of anilines is 1. The summed E-state index contributed by atoms with van der Waals surface area (Å²) in [6.45, 7) is 1.94.